The molecule has 1 saturated carbocycles. The van der Waals surface area contributed by atoms with Crippen molar-refractivity contribution in [2.24, 2.45) is 0 Å². The van der Waals surface area contributed by atoms with Gasteiger partial charge in [0.1, 0.15) is 11.8 Å². The molecule has 0 amide bonds. The first-order valence-corrected chi connectivity index (χ1v) is 7.24. The molecule has 1 aliphatic carbocycles. The highest BCUT2D eigenvalue weighted by atomic mass is 35.5. The van der Waals surface area contributed by atoms with Crippen molar-refractivity contribution in [2.45, 2.75) is 24.4 Å². The number of nitrogens with zero attached hydrogens (tertiary/aromatic N) is 3. The number of halogens is 7. The number of hydrogen-bond acceptors (Lipinski definition) is 2. The van der Waals surface area contributed by atoms with Crippen molar-refractivity contribution in [1.29, 1.82) is 5.26 Å². The first-order valence-electron chi connectivity index (χ1n) is 6.48. The molecule has 1 unspecified atom stereocenters. The van der Waals surface area contributed by atoms with Crippen LogP contribution >= 0.6 is 23.2 Å². The SMILES string of the molecule is N#Cc1nn(-c2c(Cl)cc(C(F)(F)F)cc2Cl)cc1C1CC1(F)F. The Kier molecular flexibility index (Phi) is 3.77. The Labute approximate surface area is 142 Å². The Bertz CT molecular complexity index is 843. The van der Waals surface area contributed by atoms with Crippen LogP contribution in [0.2, 0.25) is 10.0 Å². The predicted octanol–water partition coefficient (Wildman–Crippen LogP) is 5.19. The molecule has 2 aromatic rings. The van der Waals surface area contributed by atoms with Crippen molar-refractivity contribution in [1.82, 2.24) is 9.78 Å². The van der Waals surface area contributed by atoms with Gasteiger partial charge in [0, 0.05) is 18.2 Å². The van der Waals surface area contributed by atoms with E-state index < -0.39 is 30.0 Å². The number of rotatable bonds is 2. The van der Waals surface area contributed by atoms with E-state index in [1.54, 1.807) is 6.07 Å². The Balaban J connectivity index is 2.09. The zero-order chi connectivity index (χ0) is 17.9. The third-order valence-electron chi connectivity index (χ3n) is 3.62. The third kappa shape index (κ3) is 2.82. The van der Waals surface area contributed by atoms with Crippen LogP contribution in [0.15, 0.2) is 18.3 Å². The number of nitriles is 1. The molecular weight excluding hydrogens is 376 g/mol. The summed E-state index contributed by atoms with van der Waals surface area (Å²) in [5.41, 5.74) is -1.40. The van der Waals surface area contributed by atoms with E-state index in [0.29, 0.717) is 12.1 Å². The van der Waals surface area contributed by atoms with Crippen molar-refractivity contribution >= 4 is 23.2 Å². The lowest BCUT2D eigenvalue weighted by Gasteiger charge is -2.12. The maximum atomic E-state index is 13.2. The minimum absolute atomic E-state index is 0.00883. The Morgan fingerprint density at radius 1 is 1.25 bits per heavy atom. The summed E-state index contributed by atoms with van der Waals surface area (Å²) in [4.78, 5) is 0. The minimum atomic E-state index is -4.64. The maximum Gasteiger partial charge on any atom is 0.416 e. The topological polar surface area (TPSA) is 41.6 Å². The number of aromatic nitrogens is 2. The van der Waals surface area contributed by atoms with Crippen LogP contribution in [0.1, 0.15) is 29.2 Å². The summed E-state index contributed by atoms with van der Waals surface area (Å²) >= 11 is 11.7. The van der Waals surface area contributed by atoms with Gasteiger partial charge in [0.25, 0.3) is 5.92 Å². The first-order chi connectivity index (χ1) is 11.0. The van der Waals surface area contributed by atoms with Gasteiger partial charge in [-0.15, -0.1) is 0 Å². The van der Waals surface area contributed by atoms with E-state index in [1.807, 2.05) is 0 Å². The predicted molar refractivity (Wildman–Crippen MR) is 75.6 cm³/mol. The average molecular weight is 382 g/mol. The van der Waals surface area contributed by atoms with Gasteiger partial charge in [-0.05, 0) is 12.1 Å². The largest absolute Gasteiger partial charge is 0.416 e. The Morgan fingerprint density at radius 2 is 1.79 bits per heavy atom. The molecule has 24 heavy (non-hydrogen) atoms. The van der Waals surface area contributed by atoms with Crippen LogP contribution in [-0.2, 0) is 6.18 Å². The average Bonchev–Trinajstić information content (AvgIpc) is 2.91. The fourth-order valence-electron chi connectivity index (χ4n) is 2.34. The summed E-state index contributed by atoms with van der Waals surface area (Å²) < 4.78 is 65.6. The molecular formula is C14H6Cl2F5N3. The van der Waals surface area contributed by atoms with E-state index in [9.17, 15) is 22.0 Å². The lowest BCUT2D eigenvalue weighted by atomic mass is 10.1. The second kappa shape index (κ2) is 5.33. The van der Waals surface area contributed by atoms with Gasteiger partial charge in [-0.25, -0.2) is 13.5 Å². The van der Waals surface area contributed by atoms with Gasteiger partial charge < -0.3 is 0 Å². The highest BCUT2D eigenvalue weighted by Gasteiger charge is 2.59. The van der Waals surface area contributed by atoms with Crippen LogP contribution in [0.5, 0.6) is 0 Å². The Morgan fingerprint density at radius 3 is 2.21 bits per heavy atom. The van der Waals surface area contributed by atoms with Gasteiger partial charge in [-0.3, -0.25) is 0 Å². The minimum Gasteiger partial charge on any atom is -0.236 e. The normalized spacial score (nSPS) is 19.2. The Hall–Kier alpha value is -1.85. The molecule has 1 heterocycles. The van der Waals surface area contributed by atoms with Crippen molar-refractivity contribution in [3.63, 3.8) is 0 Å². The summed E-state index contributed by atoms with van der Waals surface area (Å²) in [5.74, 6) is -4.07. The molecule has 1 atom stereocenters. The molecule has 0 spiro atoms. The van der Waals surface area contributed by atoms with Gasteiger partial charge in [0.15, 0.2) is 5.69 Å². The first kappa shape index (κ1) is 17.0. The molecule has 1 aliphatic rings. The van der Waals surface area contributed by atoms with Crippen LogP contribution in [0.4, 0.5) is 22.0 Å². The second-order valence-electron chi connectivity index (χ2n) is 5.29. The molecule has 0 aliphatic heterocycles. The summed E-state index contributed by atoms with van der Waals surface area (Å²) in [5, 5.41) is 12.1. The number of hydrogen-bond donors (Lipinski definition) is 0. The molecule has 1 fully saturated rings. The van der Waals surface area contributed by atoms with Gasteiger partial charge in [-0.2, -0.15) is 23.5 Å². The van der Waals surface area contributed by atoms with E-state index in [0.717, 1.165) is 10.9 Å². The highest BCUT2D eigenvalue weighted by molar-refractivity contribution is 6.37. The van der Waals surface area contributed by atoms with E-state index >= 15 is 0 Å². The van der Waals surface area contributed by atoms with E-state index in [1.165, 1.54) is 0 Å². The van der Waals surface area contributed by atoms with Crippen LogP contribution in [-0.4, -0.2) is 15.7 Å². The van der Waals surface area contributed by atoms with E-state index in [4.69, 9.17) is 28.5 Å². The van der Waals surface area contributed by atoms with Gasteiger partial charge in [0.2, 0.25) is 0 Å². The molecule has 1 aromatic carbocycles. The molecule has 0 N–H and O–H groups in total. The fourth-order valence-corrected chi connectivity index (χ4v) is 3.00. The fraction of sp³-hybridized carbons (Fsp3) is 0.286. The summed E-state index contributed by atoms with van der Waals surface area (Å²) in [7, 11) is 0. The summed E-state index contributed by atoms with van der Waals surface area (Å²) in [6.07, 6.45) is -3.92. The molecule has 0 bridgehead atoms. The number of benzene rings is 1. The quantitative estimate of drug-likeness (QED) is 0.671. The van der Waals surface area contributed by atoms with Crippen molar-refractivity contribution < 1.29 is 22.0 Å². The summed E-state index contributed by atoms with van der Waals surface area (Å²) in [6, 6.07) is 3.00. The summed E-state index contributed by atoms with van der Waals surface area (Å²) in [6.45, 7) is 0. The highest BCUT2D eigenvalue weighted by Crippen LogP contribution is 2.56. The third-order valence-corrected chi connectivity index (χ3v) is 4.20. The van der Waals surface area contributed by atoms with Crippen LogP contribution in [0.3, 0.4) is 0 Å². The van der Waals surface area contributed by atoms with E-state index in [-0.39, 0.29) is 27.0 Å². The maximum absolute atomic E-state index is 13.2. The lowest BCUT2D eigenvalue weighted by molar-refractivity contribution is -0.137. The zero-order valence-electron chi connectivity index (χ0n) is 11.5. The van der Waals surface area contributed by atoms with Crippen LogP contribution in [0.25, 0.3) is 5.69 Å². The number of alkyl halides is 5. The molecule has 10 heteroatoms. The molecule has 0 radical (unpaired) electrons. The standard InChI is InChI=1S/C14H6Cl2F5N3/c15-9-1-6(14(19,20)21)2-10(16)12(9)24-5-7(11(4-22)23-24)8-3-13(8,17)18/h1-2,5,8H,3H2. The molecule has 3 rings (SSSR count). The van der Waals surface area contributed by atoms with Crippen molar-refractivity contribution in [3.8, 4) is 11.8 Å². The van der Waals surface area contributed by atoms with Gasteiger partial charge in [0.05, 0.1) is 21.5 Å². The van der Waals surface area contributed by atoms with Gasteiger partial charge >= 0.3 is 6.18 Å². The lowest BCUT2D eigenvalue weighted by Crippen LogP contribution is -2.07. The van der Waals surface area contributed by atoms with Crippen LogP contribution in [0, 0.1) is 11.3 Å². The molecule has 126 valence electrons. The van der Waals surface area contributed by atoms with Crippen molar-refractivity contribution in [3.05, 3.63) is 45.2 Å². The molecule has 1 aromatic heterocycles. The van der Waals surface area contributed by atoms with Crippen LogP contribution < -0.4 is 0 Å². The molecule has 0 saturated heterocycles. The molecule has 3 nitrogen and oxygen atoms in total. The monoisotopic (exact) mass is 381 g/mol. The van der Waals surface area contributed by atoms with E-state index in [2.05, 4.69) is 5.10 Å². The second-order valence-corrected chi connectivity index (χ2v) is 6.11. The smallest absolute Gasteiger partial charge is 0.236 e. The van der Waals surface area contributed by atoms with Crippen molar-refractivity contribution in [2.75, 3.05) is 0 Å². The van der Waals surface area contributed by atoms with Gasteiger partial charge in [-0.1, -0.05) is 23.2 Å². The zero-order valence-corrected chi connectivity index (χ0v) is 13.0.